The number of methoxy groups -OCH3 is 2. The molecule has 0 saturated heterocycles. The first-order valence-corrected chi connectivity index (χ1v) is 11.6. The number of amides is 1. The first-order chi connectivity index (χ1) is 15.9. The number of carbonyl (C=O) groups excluding carboxylic acids is 1. The lowest BCUT2D eigenvalue weighted by Crippen LogP contribution is -2.36. The van der Waals surface area contributed by atoms with Crippen molar-refractivity contribution < 1.29 is 23.8 Å². The second-order valence-electron chi connectivity index (χ2n) is 8.20. The van der Waals surface area contributed by atoms with E-state index < -0.39 is 6.10 Å². The molecular weight excluding hydrogens is 443 g/mol. The average molecular weight is 471 g/mol. The van der Waals surface area contributed by atoms with Crippen molar-refractivity contribution in [1.29, 1.82) is 0 Å². The molecule has 1 aliphatic carbocycles. The zero-order chi connectivity index (χ0) is 23.5. The van der Waals surface area contributed by atoms with Gasteiger partial charge in [-0.2, -0.15) is 0 Å². The van der Waals surface area contributed by atoms with E-state index in [0.717, 1.165) is 17.8 Å². The van der Waals surface area contributed by atoms with E-state index in [0.29, 0.717) is 45.7 Å². The molecule has 1 saturated carbocycles. The van der Waals surface area contributed by atoms with Crippen LogP contribution in [0.1, 0.15) is 39.2 Å². The average Bonchev–Trinajstić information content (AvgIpc) is 3.56. The molecule has 1 aromatic heterocycles. The number of aryl methyl sites for hydroxylation is 1. The van der Waals surface area contributed by atoms with E-state index >= 15 is 0 Å². The fourth-order valence-corrected chi connectivity index (χ4v) is 4.65. The Balaban J connectivity index is 1.61. The Morgan fingerprint density at radius 3 is 2.52 bits per heavy atom. The zero-order valence-corrected chi connectivity index (χ0v) is 19.7. The SMILES string of the molecule is COc1ccc(C(O)CN(CC2CC2)C(=O)c2sc(C)nc2-c2ccc(F)cc2)cc1OC. The van der Waals surface area contributed by atoms with Crippen molar-refractivity contribution in [2.45, 2.75) is 25.9 Å². The van der Waals surface area contributed by atoms with Crippen LogP contribution >= 0.6 is 11.3 Å². The molecule has 0 spiro atoms. The van der Waals surface area contributed by atoms with Crippen molar-refractivity contribution in [3.63, 3.8) is 0 Å². The first-order valence-electron chi connectivity index (χ1n) is 10.8. The van der Waals surface area contributed by atoms with Crippen LogP contribution < -0.4 is 9.47 Å². The summed E-state index contributed by atoms with van der Waals surface area (Å²) in [6, 6.07) is 11.2. The van der Waals surface area contributed by atoms with Gasteiger partial charge < -0.3 is 19.5 Å². The second kappa shape index (κ2) is 9.89. The van der Waals surface area contributed by atoms with E-state index in [1.807, 2.05) is 6.92 Å². The Bertz CT molecular complexity index is 1130. The maximum Gasteiger partial charge on any atom is 0.266 e. The molecule has 1 unspecified atom stereocenters. The fourth-order valence-electron chi connectivity index (χ4n) is 3.75. The molecule has 0 bridgehead atoms. The molecule has 0 aliphatic heterocycles. The molecule has 33 heavy (non-hydrogen) atoms. The number of halogens is 1. The van der Waals surface area contributed by atoms with Crippen LogP contribution in [-0.2, 0) is 0 Å². The molecule has 2 aromatic carbocycles. The number of benzene rings is 2. The predicted molar refractivity (Wildman–Crippen MR) is 125 cm³/mol. The monoisotopic (exact) mass is 470 g/mol. The Kier molecular flexibility index (Phi) is 6.95. The molecule has 1 heterocycles. The highest BCUT2D eigenvalue weighted by molar-refractivity contribution is 7.14. The van der Waals surface area contributed by atoms with Crippen LogP contribution in [0.5, 0.6) is 11.5 Å². The van der Waals surface area contributed by atoms with E-state index in [1.165, 1.54) is 23.5 Å². The van der Waals surface area contributed by atoms with Gasteiger partial charge in [-0.3, -0.25) is 4.79 Å². The van der Waals surface area contributed by atoms with E-state index in [1.54, 1.807) is 49.5 Å². The minimum atomic E-state index is -0.893. The number of carbonyl (C=O) groups is 1. The largest absolute Gasteiger partial charge is 0.493 e. The van der Waals surface area contributed by atoms with Gasteiger partial charge in [0.15, 0.2) is 11.5 Å². The molecule has 1 atom stereocenters. The number of ether oxygens (including phenoxy) is 2. The summed E-state index contributed by atoms with van der Waals surface area (Å²) >= 11 is 1.32. The van der Waals surface area contributed by atoms with Crippen LogP contribution in [-0.4, -0.2) is 48.2 Å². The van der Waals surface area contributed by atoms with Gasteiger partial charge in [0, 0.05) is 12.1 Å². The summed E-state index contributed by atoms with van der Waals surface area (Å²) in [6.45, 7) is 2.56. The van der Waals surface area contributed by atoms with Crippen molar-refractivity contribution in [1.82, 2.24) is 9.88 Å². The number of thiazole rings is 1. The Morgan fingerprint density at radius 2 is 1.88 bits per heavy atom. The van der Waals surface area contributed by atoms with Crippen LogP contribution in [0.2, 0.25) is 0 Å². The lowest BCUT2D eigenvalue weighted by atomic mass is 10.1. The number of aliphatic hydroxyl groups is 1. The smallest absolute Gasteiger partial charge is 0.266 e. The maximum atomic E-state index is 13.6. The first kappa shape index (κ1) is 23.2. The molecule has 8 heteroatoms. The molecular formula is C25H27FN2O4S. The van der Waals surface area contributed by atoms with E-state index in [-0.39, 0.29) is 18.3 Å². The lowest BCUT2D eigenvalue weighted by molar-refractivity contribution is 0.0615. The van der Waals surface area contributed by atoms with Crippen molar-refractivity contribution >= 4 is 17.2 Å². The van der Waals surface area contributed by atoms with Crippen LogP contribution in [0.15, 0.2) is 42.5 Å². The number of hydrogen-bond donors (Lipinski definition) is 1. The normalized spacial score (nSPS) is 14.1. The number of nitrogens with zero attached hydrogens (tertiary/aromatic N) is 2. The Labute approximate surface area is 196 Å². The standard InChI is InChI=1S/C25H27FN2O4S/c1-15-27-23(17-6-9-19(26)10-7-17)24(33-15)25(30)28(13-16-4-5-16)14-20(29)18-8-11-21(31-2)22(12-18)32-3/h6-12,16,20,29H,4-5,13-14H2,1-3H3. The zero-order valence-electron chi connectivity index (χ0n) is 18.9. The van der Waals surface area contributed by atoms with Gasteiger partial charge in [0.2, 0.25) is 0 Å². The third kappa shape index (κ3) is 5.34. The minimum absolute atomic E-state index is 0.143. The highest BCUT2D eigenvalue weighted by Crippen LogP contribution is 2.35. The Morgan fingerprint density at radius 1 is 1.18 bits per heavy atom. The van der Waals surface area contributed by atoms with E-state index in [9.17, 15) is 14.3 Å². The predicted octanol–water partition coefficient (Wildman–Crippen LogP) is 4.86. The van der Waals surface area contributed by atoms with Crippen LogP contribution in [0.3, 0.4) is 0 Å². The molecule has 1 fully saturated rings. The molecule has 1 N–H and O–H groups in total. The summed E-state index contributed by atoms with van der Waals surface area (Å²) in [5.41, 5.74) is 1.88. The molecule has 174 valence electrons. The van der Waals surface area contributed by atoms with Gasteiger partial charge in [-0.05, 0) is 67.6 Å². The van der Waals surface area contributed by atoms with Crippen molar-refractivity contribution in [2.24, 2.45) is 5.92 Å². The molecule has 1 amide bonds. The molecule has 1 aliphatic rings. The van der Waals surface area contributed by atoms with Gasteiger partial charge >= 0.3 is 0 Å². The van der Waals surface area contributed by atoms with Gasteiger partial charge in [0.25, 0.3) is 5.91 Å². The summed E-state index contributed by atoms with van der Waals surface area (Å²) in [5, 5.41) is 11.7. The number of aliphatic hydroxyl groups excluding tert-OH is 1. The van der Waals surface area contributed by atoms with Gasteiger partial charge in [-0.15, -0.1) is 11.3 Å². The highest BCUT2D eigenvalue weighted by Gasteiger charge is 2.31. The number of aromatic nitrogens is 1. The van der Waals surface area contributed by atoms with Gasteiger partial charge in [-0.1, -0.05) is 6.07 Å². The quantitative estimate of drug-likeness (QED) is 0.484. The van der Waals surface area contributed by atoms with Crippen LogP contribution in [0.4, 0.5) is 4.39 Å². The van der Waals surface area contributed by atoms with Crippen LogP contribution in [0, 0.1) is 18.7 Å². The highest BCUT2D eigenvalue weighted by atomic mass is 32.1. The number of rotatable bonds is 9. The third-order valence-electron chi connectivity index (χ3n) is 5.69. The van der Waals surface area contributed by atoms with Gasteiger partial charge in [-0.25, -0.2) is 9.37 Å². The molecule has 4 rings (SSSR count). The third-order valence-corrected chi connectivity index (χ3v) is 6.65. The summed E-state index contributed by atoms with van der Waals surface area (Å²) < 4.78 is 24.0. The van der Waals surface area contributed by atoms with Crippen molar-refractivity contribution in [3.8, 4) is 22.8 Å². The molecule has 3 aromatic rings. The lowest BCUT2D eigenvalue weighted by Gasteiger charge is -2.26. The summed E-state index contributed by atoms with van der Waals surface area (Å²) in [4.78, 5) is 20.4. The molecule has 0 radical (unpaired) electrons. The van der Waals surface area contributed by atoms with Gasteiger partial charge in [0.1, 0.15) is 10.7 Å². The van der Waals surface area contributed by atoms with Crippen molar-refractivity contribution in [2.75, 3.05) is 27.3 Å². The minimum Gasteiger partial charge on any atom is -0.493 e. The maximum absolute atomic E-state index is 13.6. The fraction of sp³-hybridized carbons (Fsp3) is 0.360. The van der Waals surface area contributed by atoms with Gasteiger partial charge in [0.05, 0.1) is 37.6 Å². The summed E-state index contributed by atoms with van der Waals surface area (Å²) in [5.74, 6) is 1.02. The van der Waals surface area contributed by atoms with E-state index in [4.69, 9.17) is 9.47 Å². The van der Waals surface area contributed by atoms with Crippen molar-refractivity contribution in [3.05, 3.63) is 63.7 Å². The summed E-state index contributed by atoms with van der Waals surface area (Å²) in [6.07, 6.45) is 1.25. The topological polar surface area (TPSA) is 71.9 Å². The van der Waals surface area contributed by atoms with Crippen LogP contribution in [0.25, 0.3) is 11.3 Å². The Hall–Kier alpha value is -2.97. The molecule has 6 nitrogen and oxygen atoms in total. The number of hydrogen-bond acceptors (Lipinski definition) is 6. The second-order valence-corrected chi connectivity index (χ2v) is 9.40. The summed E-state index contributed by atoms with van der Waals surface area (Å²) in [7, 11) is 3.10. The van der Waals surface area contributed by atoms with E-state index in [2.05, 4.69) is 4.98 Å².